The topological polar surface area (TPSA) is 67.6 Å². The molecule has 0 saturated heterocycles. The Kier molecular flexibility index (Phi) is 4.08. The summed E-state index contributed by atoms with van der Waals surface area (Å²) in [7, 11) is 0. The van der Waals surface area contributed by atoms with Crippen LogP contribution in [0.25, 0.3) is 22.2 Å². The summed E-state index contributed by atoms with van der Waals surface area (Å²) < 4.78 is 14.2. The molecular formula is C17H18ClFN4. The second-order valence-corrected chi connectivity index (χ2v) is 6.30. The smallest absolute Gasteiger partial charge is 0.160 e. The number of hydrogen-bond donors (Lipinski definition) is 2. The molecule has 120 valence electrons. The Morgan fingerprint density at radius 3 is 2.83 bits per heavy atom. The zero-order valence-corrected chi connectivity index (χ0v) is 13.8. The lowest BCUT2D eigenvalue weighted by molar-refractivity contribution is 0.463. The zero-order chi connectivity index (χ0) is 16.6. The molecule has 0 aliphatic carbocycles. The van der Waals surface area contributed by atoms with Gasteiger partial charge in [0.15, 0.2) is 10.8 Å². The van der Waals surface area contributed by atoms with Crippen LogP contribution in [0.1, 0.15) is 25.8 Å². The summed E-state index contributed by atoms with van der Waals surface area (Å²) in [5.41, 5.74) is 8.64. The minimum atomic E-state index is -0.296. The monoisotopic (exact) mass is 332 g/mol. The van der Waals surface area contributed by atoms with Gasteiger partial charge in [0.1, 0.15) is 5.82 Å². The molecule has 4 nitrogen and oxygen atoms in total. The van der Waals surface area contributed by atoms with Gasteiger partial charge in [0.25, 0.3) is 0 Å². The maximum atomic E-state index is 14.2. The zero-order valence-electron chi connectivity index (χ0n) is 13.0. The van der Waals surface area contributed by atoms with Crippen molar-refractivity contribution >= 4 is 22.6 Å². The number of pyridine rings is 1. The van der Waals surface area contributed by atoms with Crippen LogP contribution in [0.15, 0.2) is 30.5 Å². The number of fused-ring (bicyclic) bond motifs is 1. The summed E-state index contributed by atoms with van der Waals surface area (Å²) in [6, 6.07) is 6.83. The number of aromatic amines is 1. The first kappa shape index (κ1) is 15.9. The lowest BCUT2D eigenvalue weighted by Gasteiger charge is -2.27. The summed E-state index contributed by atoms with van der Waals surface area (Å²) in [6.45, 7) is 4.54. The third-order valence-corrected chi connectivity index (χ3v) is 4.83. The maximum Gasteiger partial charge on any atom is 0.160 e. The highest BCUT2D eigenvalue weighted by molar-refractivity contribution is 6.35. The van der Waals surface area contributed by atoms with Gasteiger partial charge in [-0.15, -0.1) is 0 Å². The predicted octanol–water partition coefficient (Wildman–Crippen LogP) is 4.04. The van der Waals surface area contributed by atoms with Crippen LogP contribution in [-0.2, 0) is 5.41 Å². The summed E-state index contributed by atoms with van der Waals surface area (Å²) in [4.78, 5) is 4.20. The van der Waals surface area contributed by atoms with E-state index in [1.54, 1.807) is 12.3 Å². The van der Waals surface area contributed by atoms with Gasteiger partial charge in [-0.2, -0.15) is 5.10 Å². The number of H-pyrrole nitrogens is 1. The van der Waals surface area contributed by atoms with Crippen molar-refractivity contribution in [3.05, 3.63) is 47.0 Å². The first-order valence-corrected chi connectivity index (χ1v) is 7.86. The molecule has 3 N–H and O–H groups in total. The number of rotatable bonds is 4. The number of nitrogens with one attached hydrogen (secondary N) is 1. The van der Waals surface area contributed by atoms with E-state index in [0.29, 0.717) is 22.7 Å². The predicted molar refractivity (Wildman–Crippen MR) is 91.0 cm³/mol. The Labute approximate surface area is 138 Å². The van der Waals surface area contributed by atoms with Gasteiger partial charge in [0, 0.05) is 18.2 Å². The highest BCUT2D eigenvalue weighted by Gasteiger charge is 2.24. The van der Waals surface area contributed by atoms with Crippen molar-refractivity contribution in [3.8, 4) is 11.1 Å². The van der Waals surface area contributed by atoms with E-state index in [2.05, 4.69) is 22.1 Å². The number of nitrogens with two attached hydrogens (primary N) is 1. The molecule has 0 aliphatic heterocycles. The van der Waals surface area contributed by atoms with Gasteiger partial charge in [-0.3, -0.25) is 5.10 Å². The van der Waals surface area contributed by atoms with Gasteiger partial charge in [0.05, 0.1) is 5.39 Å². The van der Waals surface area contributed by atoms with Gasteiger partial charge in [-0.25, -0.2) is 9.37 Å². The van der Waals surface area contributed by atoms with Crippen LogP contribution in [0.5, 0.6) is 0 Å². The summed E-state index contributed by atoms with van der Waals surface area (Å²) in [5.74, 6) is -0.296. The van der Waals surface area contributed by atoms with Crippen LogP contribution >= 0.6 is 11.6 Å². The van der Waals surface area contributed by atoms with Crippen molar-refractivity contribution in [1.82, 2.24) is 15.2 Å². The molecule has 2 aromatic heterocycles. The van der Waals surface area contributed by atoms with E-state index >= 15 is 0 Å². The lowest BCUT2D eigenvalue weighted by atomic mass is 9.79. The number of nitrogens with zero attached hydrogens (tertiary/aromatic N) is 2. The first-order chi connectivity index (χ1) is 11.0. The van der Waals surface area contributed by atoms with Gasteiger partial charge in [0.2, 0.25) is 0 Å². The normalized spacial score (nSPS) is 14.1. The SMILES string of the molecule is CCC(C)(CN)c1cc(F)cc(-c2ccnc3[nH]nc(Cl)c23)c1. The molecule has 3 rings (SSSR count). The van der Waals surface area contributed by atoms with E-state index in [0.717, 1.165) is 23.1 Å². The highest BCUT2D eigenvalue weighted by atomic mass is 35.5. The summed E-state index contributed by atoms with van der Waals surface area (Å²) >= 11 is 6.16. The van der Waals surface area contributed by atoms with E-state index in [4.69, 9.17) is 17.3 Å². The van der Waals surface area contributed by atoms with E-state index in [1.807, 2.05) is 19.1 Å². The van der Waals surface area contributed by atoms with Gasteiger partial charge in [-0.05, 0) is 41.3 Å². The molecule has 0 fully saturated rings. The Hall–Kier alpha value is -1.98. The minimum Gasteiger partial charge on any atom is -0.330 e. The molecule has 3 aromatic rings. The van der Waals surface area contributed by atoms with Crippen molar-refractivity contribution in [1.29, 1.82) is 0 Å². The van der Waals surface area contributed by atoms with E-state index in [-0.39, 0.29) is 11.2 Å². The van der Waals surface area contributed by atoms with Gasteiger partial charge < -0.3 is 5.73 Å². The van der Waals surface area contributed by atoms with Crippen LogP contribution in [0.4, 0.5) is 4.39 Å². The minimum absolute atomic E-state index is 0.275. The number of benzene rings is 1. The first-order valence-electron chi connectivity index (χ1n) is 7.48. The van der Waals surface area contributed by atoms with Crippen LogP contribution in [0.2, 0.25) is 5.15 Å². The molecule has 23 heavy (non-hydrogen) atoms. The van der Waals surface area contributed by atoms with E-state index < -0.39 is 0 Å². The average Bonchev–Trinajstić information content (AvgIpc) is 2.95. The molecule has 2 heterocycles. The van der Waals surface area contributed by atoms with E-state index in [9.17, 15) is 4.39 Å². The molecule has 0 aliphatic rings. The van der Waals surface area contributed by atoms with E-state index in [1.165, 1.54) is 6.07 Å². The third-order valence-electron chi connectivity index (χ3n) is 4.55. The second kappa shape index (κ2) is 5.91. The van der Waals surface area contributed by atoms with Crippen molar-refractivity contribution in [3.63, 3.8) is 0 Å². The van der Waals surface area contributed by atoms with Crippen molar-refractivity contribution in [2.75, 3.05) is 6.54 Å². The number of aromatic nitrogens is 3. The second-order valence-electron chi connectivity index (χ2n) is 5.94. The van der Waals surface area contributed by atoms with Gasteiger partial charge in [-0.1, -0.05) is 31.5 Å². The highest BCUT2D eigenvalue weighted by Crippen LogP contribution is 2.35. The van der Waals surface area contributed by atoms with Crippen LogP contribution in [-0.4, -0.2) is 21.7 Å². The fraction of sp³-hybridized carbons (Fsp3) is 0.294. The summed E-state index contributed by atoms with van der Waals surface area (Å²) in [6.07, 6.45) is 2.48. The number of halogens is 2. The third kappa shape index (κ3) is 2.71. The molecule has 1 aromatic carbocycles. The fourth-order valence-corrected chi connectivity index (χ4v) is 2.95. The molecule has 0 radical (unpaired) electrons. The van der Waals surface area contributed by atoms with Crippen molar-refractivity contribution < 1.29 is 4.39 Å². The number of hydrogen-bond acceptors (Lipinski definition) is 3. The Balaban J connectivity index is 2.24. The summed E-state index contributed by atoms with van der Waals surface area (Å²) in [5, 5.41) is 7.76. The molecule has 1 atom stereocenters. The maximum absolute atomic E-state index is 14.2. The molecule has 6 heteroatoms. The van der Waals surface area contributed by atoms with Gasteiger partial charge >= 0.3 is 0 Å². The Morgan fingerprint density at radius 1 is 1.35 bits per heavy atom. The quantitative estimate of drug-likeness (QED) is 0.757. The Bertz CT molecular complexity index is 855. The molecular weight excluding hydrogens is 315 g/mol. The Morgan fingerprint density at radius 2 is 2.13 bits per heavy atom. The molecule has 0 bridgehead atoms. The van der Waals surface area contributed by atoms with Crippen LogP contribution < -0.4 is 5.73 Å². The average molecular weight is 333 g/mol. The lowest BCUT2D eigenvalue weighted by Crippen LogP contribution is -2.31. The molecule has 0 saturated carbocycles. The molecule has 0 amide bonds. The van der Waals surface area contributed by atoms with Crippen LogP contribution in [0, 0.1) is 5.82 Å². The standard InChI is InChI=1S/C17H18ClFN4/c1-3-17(2,9-20)11-6-10(7-12(19)8-11)13-4-5-21-16-14(13)15(18)22-23-16/h4-8H,3,9,20H2,1-2H3,(H,21,22,23). The molecule has 1 unspecified atom stereocenters. The van der Waals surface area contributed by atoms with Crippen LogP contribution in [0.3, 0.4) is 0 Å². The van der Waals surface area contributed by atoms with Crippen molar-refractivity contribution in [2.45, 2.75) is 25.7 Å². The fourth-order valence-electron chi connectivity index (χ4n) is 2.71. The van der Waals surface area contributed by atoms with Crippen molar-refractivity contribution in [2.24, 2.45) is 5.73 Å². The molecule has 0 spiro atoms. The largest absolute Gasteiger partial charge is 0.330 e.